The molecule has 25 heavy (non-hydrogen) atoms. The van der Waals surface area contributed by atoms with E-state index in [1.54, 1.807) is 19.1 Å². The van der Waals surface area contributed by atoms with E-state index in [4.69, 9.17) is 0 Å². The van der Waals surface area contributed by atoms with Crippen LogP contribution in [0.2, 0.25) is 0 Å². The highest BCUT2D eigenvalue weighted by Crippen LogP contribution is 2.30. The Labute approximate surface area is 146 Å². The Hall–Kier alpha value is -2.69. The van der Waals surface area contributed by atoms with Gasteiger partial charge in [0.15, 0.2) is 0 Å². The van der Waals surface area contributed by atoms with Gasteiger partial charge in [0, 0.05) is 0 Å². The molecule has 1 fully saturated rings. The molecule has 0 radical (unpaired) electrons. The normalized spacial score (nSPS) is 20.3. The molecule has 0 aromatic heterocycles. The average Bonchev–Trinajstić information content (AvgIpc) is 2.79. The van der Waals surface area contributed by atoms with Crippen molar-refractivity contribution in [3.8, 4) is 0 Å². The lowest BCUT2D eigenvalue weighted by Crippen LogP contribution is -2.40. The van der Waals surface area contributed by atoms with Gasteiger partial charge in [0.25, 0.3) is 5.91 Å². The van der Waals surface area contributed by atoms with Crippen LogP contribution in [0.4, 0.5) is 9.18 Å². The number of nitrogens with one attached hydrogen (secondary N) is 1. The van der Waals surface area contributed by atoms with E-state index < -0.39 is 17.4 Å². The topological polar surface area (TPSA) is 49.4 Å². The Morgan fingerprint density at radius 3 is 2.40 bits per heavy atom. The van der Waals surface area contributed by atoms with Gasteiger partial charge in [0.1, 0.15) is 11.4 Å². The summed E-state index contributed by atoms with van der Waals surface area (Å²) in [6, 6.07) is 13.1. The molecule has 0 spiro atoms. The summed E-state index contributed by atoms with van der Waals surface area (Å²) in [6.07, 6.45) is 0. The van der Waals surface area contributed by atoms with Crippen molar-refractivity contribution in [1.82, 2.24) is 10.2 Å². The average molecular weight is 340 g/mol. The first-order valence-corrected chi connectivity index (χ1v) is 8.30. The Kier molecular flexibility index (Phi) is 4.33. The maximum absolute atomic E-state index is 13.4. The molecule has 1 aliphatic heterocycles. The largest absolute Gasteiger partial charge is 0.325 e. The predicted octanol–water partition coefficient (Wildman–Crippen LogP) is 3.92. The standard InChI is InChI=1S/C20H21FN2O2/c1-13(2)15-7-9-16(10-8-15)20(3)18(24)23(19(25)22-20)12-14-5-4-6-17(21)11-14/h4-11,13H,12H2,1-3H3,(H,22,25). The third-order valence-electron chi connectivity index (χ3n) is 4.66. The van der Waals surface area contributed by atoms with Gasteiger partial charge in [-0.2, -0.15) is 0 Å². The highest BCUT2D eigenvalue weighted by molar-refractivity contribution is 6.07. The molecular weight excluding hydrogens is 319 g/mol. The van der Waals surface area contributed by atoms with Crippen LogP contribution < -0.4 is 5.32 Å². The fourth-order valence-electron chi connectivity index (χ4n) is 3.06. The predicted molar refractivity (Wildman–Crippen MR) is 93.4 cm³/mol. The van der Waals surface area contributed by atoms with E-state index in [0.29, 0.717) is 11.5 Å². The van der Waals surface area contributed by atoms with Crippen LogP contribution in [0, 0.1) is 5.82 Å². The molecule has 130 valence electrons. The SMILES string of the molecule is CC(C)c1ccc(C2(C)NC(=O)N(Cc3cccc(F)c3)C2=O)cc1. The van der Waals surface area contributed by atoms with E-state index in [2.05, 4.69) is 19.2 Å². The summed E-state index contributed by atoms with van der Waals surface area (Å²) in [7, 11) is 0. The molecule has 2 aromatic rings. The maximum atomic E-state index is 13.4. The van der Waals surface area contributed by atoms with Gasteiger partial charge in [-0.15, -0.1) is 0 Å². The number of imide groups is 1. The number of carbonyl (C=O) groups excluding carboxylic acids is 2. The van der Waals surface area contributed by atoms with E-state index in [1.165, 1.54) is 17.7 Å². The summed E-state index contributed by atoms with van der Waals surface area (Å²) in [6.45, 7) is 5.94. The zero-order valence-electron chi connectivity index (χ0n) is 14.5. The van der Waals surface area contributed by atoms with Crippen LogP contribution in [0.3, 0.4) is 0 Å². The van der Waals surface area contributed by atoms with Crippen LogP contribution in [0.25, 0.3) is 0 Å². The van der Waals surface area contributed by atoms with E-state index in [0.717, 1.165) is 10.5 Å². The molecule has 1 atom stereocenters. The number of halogens is 1. The monoisotopic (exact) mass is 340 g/mol. The molecule has 5 heteroatoms. The summed E-state index contributed by atoms with van der Waals surface area (Å²) in [4.78, 5) is 26.4. The highest BCUT2D eigenvalue weighted by Gasteiger charge is 2.48. The van der Waals surface area contributed by atoms with Gasteiger partial charge < -0.3 is 5.32 Å². The molecule has 1 N–H and O–H groups in total. The highest BCUT2D eigenvalue weighted by atomic mass is 19.1. The number of hydrogen-bond donors (Lipinski definition) is 1. The van der Waals surface area contributed by atoms with Gasteiger partial charge >= 0.3 is 6.03 Å². The summed E-state index contributed by atoms with van der Waals surface area (Å²) < 4.78 is 13.4. The first kappa shape index (κ1) is 17.1. The van der Waals surface area contributed by atoms with E-state index in [1.807, 2.05) is 24.3 Å². The smallest absolute Gasteiger partial charge is 0.319 e. The minimum absolute atomic E-state index is 0.0437. The van der Waals surface area contributed by atoms with Crippen molar-refractivity contribution >= 4 is 11.9 Å². The molecule has 1 aliphatic rings. The van der Waals surface area contributed by atoms with E-state index >= 15 is 0 Å². The lowest BCUT2D eigenvalue weighted by molar-refractivity contribution is -0.131. The molecule has 1 unspecified atom stereocenters. The van der Waals surface area contributed by atoms with Crippen molar-refractivity contribution < 1.29 is 14.0 Å². The Balaban J connectivity index is 1.86. The molecule has 0 aliphatic carbocycles. The number of amides is 3. The summed E-state index contributed by atoms with van der Waals surface area (Å²) >= 11 is 0. The number of benzene rings is 2. The maximum Gasteiger partial charge on any atom is 0.325 e. The molecule has 1 heterocycles. The third kappa shape index (κ3) is 3.14. The van der Waals surface area contributed by atoms with Gasteiger partial charge in [0.2, 0.25) is 0 Å². The molecule has 2 aromatic carbocycles. The Morgan fingerprint density at radius 2 is 1.80 bits per heavy atom. The van der Waals surface area contributed by atoms with Gasteiger partial charge in [-0.3, -0.25) is 9.69 Å². The number of rotatable bonds is 4. The van der Waals surface area contributed by atoms with Crippen LogP contribution >= 0.6 is 0 Å². The van der Waals surface area contributed by atoms with Crippen molar-refractivity contribution in [1.29, 1.82) is 0 Å². The minimum atomic E-state index is -1.11. The molecule has 4 nitrogen and oxygen atoms in total. The van der Waals surface area contributed by atoms with Gasteiger partial charge in [-0.1, -0.05) is 50.2 Å². The van der Waals surface area contributed by atoms with Crippen LogP contribution in [0.5, 0.6) is 0 Å². The fourth-order valence-corrected chi connectivity index (χ4v) is 3.06. The zero-order chi connectivity index (χ0) is 18.2. The van der Waals surface area contributed by atoms with E-state index in [9.17, 15) is 14.0 Å². The lowest BCUT2D eigenvalue weighted by atomic mass is 9.90. The van der Waals surface area contributed by atoms with Crippen molar-refractivity contribution in [3.05, 3.63) is 71.0 Å². The van der Waals surface area contributed by atoms with Crippen molar-refractivity contribution in [3.63, 3.8) is 0 Å². The first-order valence-electron chi connectivity index (χ1n) is 8.30. The second-order valence-electron chi connectivity index (χ2n) is 6.85. The van der Waals surface area contributed by atoms with Gasteiger partial charge in [-0.05, 0) is 41.7 Å². The summed E-state index contributed by atoms with van der Waals surface area (Å²) in [5, 5.41) is 2.77. The van der Waals surface area contributed by atoms with Crippen LogP contribution in [0.1, 0.15) is 43.4 Å². The zero-order valence-corrected chi connectivity index (χ0v) is 14.5. The van der Waals surface area contributed by atoms with Gasteiger partial charge in [-0.25, -0.2) is 9.18 Å². The van der Waals surface area contributed by atoms with Crippen molar-refractivity contribution in [2.75, 3.05) is 0 Å². The summed E-state index contributed by atoms with van der Waals surface area (Å²) in [5.41, 5.74) is 1.36. The number of urea groups is 1. The number of carbonyl (C=O) groups is 2. The molecule has 1 saturated heterocycles. The van der Waals surface area contributed by atoms with Gasteiger partial charge in [0.05, 0.1) is 6.54 Å². The molecule has 0 saturated carbocycles. The molecular formula is C20H21FN2O2. The third-order valence-corrected chi connectivity index (χ3v) is 4.66. The van der Waals surface area contributed by atoms with Crippen LogP contribution in [-0.4, -0.2) is 16.8 Å². The van der Waals surface area contributed by atoms with Crippen molar-refractivity contribution in [2.24, 2.45) is 0 Å². The quantitative estimate of drug-likeness (QED) is 0.858. The first-order chi connectivity index (χ1) is 11.8. The molecule has 3 amide bonds. The molecule has 3 rings (SSSR count). The minimum Gasteiger partial charge on any atom is -0.319 e. The summed E-state index contributed by atoms with van der Waals surface area (Å²) in [5.74, 6) is -0.337. The lowest BCUT2D eigenvalue weighted by Gasteiger charge is -2.23. The second kappa shape index (κ2) is 6.31. The molecule has 0 bridgehead atoms. The fraction of sp³-hybridized carbons (Fsp3) is 0.300. The van der Waals surface area contributed by atoms with Crippen LogP contribution in [-0.2, 0) is 16.9 Å². The number of nitrogens with zero attached hydrogens (tertiary/aromatic N) is 1. The van der Waals surface area contributed by atoms with E-state index in [-0.39, 0.29) is 12.5 Å². The van der Waals surface area contributed by atoms with Crippen molar-refractivity contribution in [2.45, 2.75) is 38.8 Å². The second-order valence-corrected chi connectivity index (χ2v) is 6.85. The Bertz CT molecular complexity index is 817. The Morgan fingerprint density at radius 1 is 1.12 bits per heavy atom. The number of hydrogen-bond acceptors (Lipinski definition) is 2. The van der Waals surface area contributed by atoms with Crippen LogP contribution in [0.15, 0.2) is 48.5 Å².